The Bertz CT molecular complexity index is 697. The molecule has 0 fully saturated rings. The highest BCUT2D eigenvalue weighted by atomic mass is 79.9. The van der Waals surface area contributed by atoms with Crippen molar-refractivity contribution in [1.29, 1.82) is 0 Å². The smallest absolute Gasteiger partial charge is 0.273 e. The fourth-order valence-corrected chi connectivity index (χ4v) is 2.05. The van der Waals surface area contributed by atoms with Crippen molar-refractivity contribution in [2.24, 2.45) is 0 Å². The molecule has 20 heavy (non-hydrogen) atoms. The zero-order chi connectivity index (χ0) is 14.9. The van der Waals surface area contributed by atoms with Gasteiger partial charge in [-0.25, -0.2) is 0 Å². The van der Waals surface area contributed by atoms with Gasteiger partial charge < -0.3 is 10.5 Å². The molecule has 0 bridgehead atoms. The highest BCUT2D eigenvalue weighted by molar-refractivity contribution is 9.10. The molecule has 1 aromatic heterocycles. The molecule has 0 atom stereocenters. The van der Waals surface area contributed by atoms with Crippen molar-refractivity contribution in [2.75, 3.05) is 5.73 Å². The molecule has 0 spiro atoms. The van der Waals surface area contributed by atoms with Gasteiger partial charge in [-0.1, -0.05) is 23.2 Å². The van der Waals surface area contributed by atoms with Crippen LogP contribution in [0, 0.1) is 10.1 Å². The molecule has 2 N–H and O–H groups in total. The van der Waals surface area contributed by atoms with E-state index in [1.807, 2.05) is 0 Å². The predicted molar refractivity (Wildman–Crippen MR) is 79.5 cm³/mol. The van der Waals surface area contributed by atoms with E-state index in [1.54, 1.807) is 0 Å². The van der Waals surface area contributed by atoms with Gasteiger partial charge in [-0.2, -0.15) is 4.98 Å². The molecule has 0 aliphatic rings. The number of hydrogen-bond acceptors (Lipinski definition) is 5. The van der Waals surface area contributed by atoms with Crippen LogP contribution in [0.15, 0.2) is 28.7 Å². The van der Waals surface area contributed by atoms with Crippen molar-refractivity contribution in [2.45, 2.75) is 0 Å². The van der Waals surface area contributed by atoms with Crippen LogP contribution < -0.4 is 10.5 Å². The van der Waals surface area contributed by atoms with Crippen molar-refractivity contribution in [3.8, 4) is 11.6 Å². The summed E-state index contributed by atoms with van der Waals surface area (Å²) in [6.07, 6.45) is 0. The lowest BCUT2D eigenvalue weighted by Crippen LogP contribution is -1.97. The normalized spacial score (nSPS) is 10.3. The summed E-state index contributed by atoms with van der Waals surface area (Å²) in [4.78, 5) is 14.1. The first kappa shape index (κ1) is 14.8. The summed E-state index contributed by atoms with van der Waals surface area (Å²) in [5, 5.41) is 11.1. The van der Waals surface area contributed by atoms with E-state index in [0.717, 1.165) is 0 Å². The van der Waals surface area contributed by atoms with Crippen LogP contribution in [0.4, 0.5) is 11.5 Å². The second-order valence-electron chi connectivity index (χ2n) is 3.62. The van der Waals surface area contributed by atoms with E-state index in [1.165, 1.54) is 24.3 Å². The number of nitro groups is 1. The lowest BCUT2D eigenvalue weighted by atomic mass is 10.3. The van der Waals surface area contributed by atoms with Gasteiger partial charge in [-0.05, 0) is 28.1 Å². The summed E-state index contributed by atoms with van der Waals surface area (Å²) in [5.74, 6) is 0.248. The van der Waals surface area contributed by atoms with E-state index in [4.69, 9.17) is 33.7 Å². The Balaban J connectivity index is 2.42. The van der Waals surface area contributed by atoms with Crippen molar-refractivity contribution >= 4 is 50.6 Å². The number of nitro benzene ring substituents is 1. The van der Waals surface area contributed by atoms with Crippen LogP contribution >= 0.6 is 39.1 Å². The van der Waals surface area contributed by atoms with E-state index < -0.39 is 4.92 Å². The number of nitrogen functional groups attached to an aromatic ring is 1. The Hall–Kier alpha value is -1.57. The van der Waals surface area contributed by atoms with Crippen molar-refractivity contribution in [3.05, 3.63) is 48.9 Å². The molecule has 0 aliphatic heterocycles. The van der Waals surface area contributed by atoms with Gasteiger partial charge in [0, 0.05) is 6.07 Å². The zero-order valence-electron chi connectivity index (χ0n) is 9.64. The number of rotatable bonds is 3. The van der Waals surface area contributed by atoms with Gasteiger partial charge in [0.1, 0.15) is 10.8 Å². The average molecular weight is 379 g/mol. The molecular weight excluding hydrogens is 373 g/mol. The third-order valence-corrected chi connectivity index (χ3v) is 3.49. The first-order valence-electron chi connectivity index (χ1n) is 5.12. The molecule has 0 unspecified atom stereocenters. The number of ether oxygens (including phenoxy) is 1. The minimum Gasteiger partial charge on any atom is -0.436 e. The Morgan fingerprint density at radius 1 is 1.30 bits per heavy atom. The molecule has 1 heterocycles. The van der Waals surface area contributed by atoms with Crippen molar-refractivity contribution in [1.82, 2.24) is 4.98 Å². The van der Waals surface area contributed by atoms with E-state index in [2.05, 4.69) is 20.9 Å². The third kappa shape index (κ3) is 3.12. The maximum Gasteiger partial charge on any atom is 0.273 e. The molecule has 104 valence electrons. The maximum atomic E-state index is 10.7. The van der Waals surface area contributed by atoms with Gasteiger partial charge in [0.2, 0.25) is 5.88 Å². The number of aromatic nitrogens is 1. The average Bonchev–Trinajstić information content (AvgIpc) is 2.38. The van der Waals surface area contributed by atoms with Crippen molar-refractivity contribution < 1.29 is 9.66 Å². The Morgan fingerprint density at radius 3 is 2.65 bits per heavy atom. The molecule has 9 heteroatoms. The fourth-order valence-electron chi connectivity index (χ4n) is 1.32. The second kappa shape index (κ2) is 5.82. The Morgan fingerprint density at radius 2 is 2.00 bits per heavy atom. The summed E-state index contributed by atoms with van der Waals surface area (Å²) in [6, 6.07) is 5.45. The Kier molecular flexibility index (Phi) is 4.32. The van der Waals surface area contributed by atoms with Gasteiger partial charge in [0.05, 0.1) is 20.5 Å². The Labute approximate surface area is 131 Å². The van der Waals surface area contributed by atoms with Gasteiger partial charge >= 0.3 is 0 Å². The highest BCUT2D eigenvalue weighted by Gasteiger charge is 2.14. The van der Waals surface area contributed by atoms with Crippen LogP contribution in [0.2, 0.25) is 10.0 Å². The summed E-state index contributed by atoms with van der Waals surface area (Å²) in [6.45, 7) is 0. The lowest BCUT2D eigenvalue weighted by molar-refractivity contribution is -0.384. The van der Waals surface area contributed by atoms with Crippen LogP contribution in [0.3, 0.4) is 0 Å². The molecule has 0 amide bonds. The number of nitrogens with two attached hydrogens (primary N) is 1. The minimum atomic E-state index is -0.537. The molecule has 6 nitrogen and oxygen atoms in total. The van der Waals surface area contributed by atoms with Gasteiger partial charge in [-0.15, -0.1) is 0 Å². The standard InChI is InChI=1S/C11H6BrCl2N3O3/c12-6-2-1-5(17(18)19)3-9(6)20-11-8(14)4-7(13)10(15)16-11/h1-4H,(H2,15,16). The molecule has 0 saturated heterocycles. The summed E-state index contributed by atoms with van der Waals surface area (Å²) >= 11 is 14.9. The lowest BCUT2D eigenvalue weighted by Gasteiger charge is -2.09. The van der Waals surface area contributed by atoms with Gasteiger partial charge in [-0.3, -0.25) is 10.1 Å². The minimum absolute atomic E-state index is 0.00904. The highest BCUT2D eigenvalue weighted by Crippen LogP contribution is 2.36. The van der Waals surface area contributed by atoms with Crippen LogP contribution in [0.5, 0.6) is 11.6 Å². The maximum absolute atomic E-state index is 10.7. The van der Waals surface area contributed by atoms with Crippen LogP contribution in [0.1, 0.15) is 0 Å². The fraction of sp³-hybridized carbons (Fsp3) is 0. The topological polar surface area (TPSA) is 91.3 Å². The molecule has 0 aliphatic carbocycles. The van der Waals surface area contributed by atoms with Crippen molar-refractivity contribution in [3.63, 3.8) is 0 Å². The largest absolute Gasteiger partial charge is 0.436 e. The van der Waals surface area contributed by atoms with Crippen LogP contribution in [-0.4, -0.2) is 9.91 Å². The number of benzene rings is 1. The number of non-ortho nitro benzene ring substituents is 1. The summed E-state index contributed by atoms with van der Waals surface area (Å²) in [5.41, 5.74) is 5.43. The number of halogens is 3. The van der Waals surface area contributed by atoms with E-state index >= 15 is 0 Å². The molecule has 0 saturated carbocycles. The number of hydrogen-bond donors (Lipinski definition) is 1. The van der Waals surface area contributed by atoms with E-state index in [9.17, 15) is 10.1 Å². The molecule has 2 rings (SSSR count). The molecule has 2 aromatic rings. The number of nitrogens with zero attached hydrogens (tertiary/aromatic N) is 2. The van der Waals surface area contributed by atoms with Gasteiger partial charge in [0.25, 0.3) is 5.69 Å². The monoisotopic (exact) mass is 377 g/mol. The quantitative estimate of drug-likeness (QED) is 0.629. The predicted octanol–water partition coefficient (Wildman–Crippen LogP) is 4.43. The molecule has 1 aromatic carbocycles. The molecular formula is C11H6BrCl2N3O3. The summed E-state index contributed by atoms with van der Waals surface area (Å²) < 4.78 is 5.94. The second-order valence-corrected chi connectivity index (χ2v) is 5.29. The summed E-state index contributed by atoms with van der Waals surface area (Å²) in [7, 11) is 0. The molecule has 0 radical (unpaired) electrons. The number of anilines is 1. The first-order valence-corrected chi connectivity index (χ1v) is 6.66. The number of pyridine rings is 1. The van der Waals surface area contributed by atoms with E-state index in [-0.39, 0.29) is 33.2 Å². The van der Waals surface area contributed by atoms with Crippen LogP contribution in [-0.2, 0) is 0 Å². The SMILES string of the molecule is Nc1nc(Oc2cc([N+](=O)[O-])ccc2Br)c(Cl)cc1Cl. The third-order valence-electron chi connectivity index (χ3n) is 2.26. The van der Waals surface area contributed by atoms with Gasteiger partial charge in [0.15, 0.2) is 5.75 Å². The van der Waals surface area contributed by atoms with Crippen LogP contribution in [0.25, 0.3) is 0 Å². The zero-order valence-corrected chi connectivity index (χ0v) is 12.7. The first-order chi connectivity index (χ1) is 9.38. The van der Waals surface area contributed by atoms with E-state index in [0.29, 0.717) is 4.47 Å².